The maximum absolute atomic E-state index is 5.40. The minimum atomic E-state index is 0.0175. The Morgan fingerprint density at radius 3 is 1.73 bits per heavy atom. The van der Waals surface area contributed by atoms with Gasteiger partial charge in [0, 0.05) is 12.6 Å². The first-order valence-corrected chi connectivity index (χ1v) is 3.96. The molecule has 3 heteroatoms. The van der Waals surface area contributed by atoms with Crippen LogP contribution in [0, 0.1) is 0 Å². The minimum absolute atomic E-state index is 0.0175. The van der Waals surface area contributed by atoms with E-state index in [9.17, 15) is 0 Å². The van der Waals surface area contributed by atoms with Gasteiger partial charge in [-0.2, -0.15) is 0 Å². The van der Waals surface area contributed by atoms with Crippen LogP contribution in [0.15, 0.2) is 4.99 Å². The van der Waals surface area contributed by atoms with Crippen LogP contribution in [0.3, 0.4) is 0 Å². The van der Waals surface area contributed by atoms with Crippen molar-refractivity contribution in [3.8, 4) is 0 Å². The van der Waals surface area contributed by atoms with Gasteiger partial charge in [-0.1, -0.05) is 13.8 Å². The zero-order valence-corrected chi connectivity index (χ0v) is 8.52. The summed E-state index contributed by atoms with van der Waals surface area (Å²) in [5.41, 5.74) is 5.42. The van der Waals surface area contributed by atoms with Gasteiger partial charge in [-0.3, -0.25) is 4.99 Å². The van der Waals surface area contributed by atoms with E-state index in [1.54, 1.807) is 7.05 Å². The summed E-state index contributed by atoms with van der Waals surface area (Å²) in [6.45, 7) is 10.1. The van der Waals surface area contributed by atoms with Crippen molar-refractivity contribution in [3.63, 3.8) is 0 Å². The van der Waals surface area contributed by atoms with Crippen molar-refractivity contribution in [2.45, 2.75) is 40.2 Å². The van der Waals surface area contributed by atoms with Crippen molar-refractivity contribution in [1.29, 1.82) is 0 Å². The summed E-state index contributed by atoms with van der Waals surface area (Å²) in [6, 6.07) is 0. The molecule has 0 spiro atoms. The van der Waals surface area contributed by atoms with E-state index in [1.165, 1.54) is 0 Å². The fraction of sp³-hybridized carbons (Fsp3) is 0.875. The zero-order valence-electron chi connectivity index (χ0n) is 8.52. The quantitative estimate of drug-likeness (QED) is 0.414. The first-order valence-electron chi connectivity index (χ1n) is 3.96. The molecule has 0 unspecified atom stereocenters. The molecule has 11 heavy (non-hydrogen) atoms. The van der Waals surface area contributed by atoms with Gasteiger partial charge in [-0.15, -0.1) is 0 Å². The Balaban J connectivity index is 0. The molecule has 0 aliphatic carbocycles. The highest BCUT2D eigenvalue weighted by molar-refractivity contribution is 5.78. The molecule has 0 amide bonds. The van der Waals surface area contributed by atoms with Crippen molar-refractivity contribution < 1.29 is 0 Å². The first kappa shape index (κ1) is 12.9. The van der Waals surface area contributed by atoms with Gasteiger partial charge in [-0.05, 0) is 20.8 Å². The molecular weight excluding hydrogens is 138 g/mol. The molecule has 0 heterocycles. The van der Waals surface area contributed by atoms with Crippen LogP contribution in [0.5, 0.6) is 0 Å². The van der Waals surface area contributed by atoms with E-state index >= 15 is 0 Å². The van der Waals surface area contributed by atoms with Crippen LogP contribution in [0.4, 0.5) is 0 Å². The molecule has 3 N–H and O–H groups in total. The number of guanidine groups is 1. The second-order valence-corrected chi connectivity index (χ2v) is 2.98. The molecule has 0 saturated carbocycles. The Labute approximate surface area is 70.1 Å². The lowest BCUT2D eigenvalue weighted by atomic mass is 10.1. The predicted molar refractivity (Wildman–Crippen MR) is 51.8 cm³/mol. The summed E-state index contributed by atoms with van der Waals surface area (Å²) in [4.78, 5) is 3.76. The topological polar surface area (TPSA) is 50.4 Å². The smallest absolute Gasteiger partial charge is 0.188 e. The van der Waals surface area contributed by atoms with Crippen molar-refractivity contribution in [3.05, 3.63) is 0 Å². The standard InChI is InChI=1S/C6H15N3.C2H6/c1-6(2,3)9-5(7)8-4;1-2/h1-4H3,(H3,7,8,9);1-2H3. The van der Waals surface area contributed by atoms with Gasteiger partial charge in [0.25, 0.3) is 0 Å². The fourth-order valence-corrected chi connectivity index (χ4v) is 0.440. The van der Waals surface area contributed by atoms with Crippen LogP contribution >= 0.6 is 0 Å². The van der Waals surface area contributed by atoms with Crippen LogP contribution in [0.25, 0.3) is 0 Å². The fourth-order valence-electron chi connectivity index (χ4n) is 0.440. The molecule has 0 bridgehead atoms. The second kappa shape index (κ2) is 6.01. The Kier molecular flexibility index (Phi) is 7.05. The van der Waals surface area contributed by atoms with Crippen LogP contribution in [0.1, 0.15) is 34.6 Å². The van der Waals surface area contributed by atoms with Gasteiger partial charge in [0.1, 0.15) is 0 Å². The first-order chi connectivity index (χ1) is 4.95. The molecule has 0 fully saturated rings. The van der Waals surface area contributed by atoms with E-state index in [2.05, 4.69) is 10.3 Å². The molecular formula is C8H21N3. The molecule has 0 aromatic carbocycles. The van der Waals surface area contributed by atoms with Gasteiger partial charge in [0.2, 0.25) is 0 Å². The molecule has 0 rings (SSSR count). The molecule has 0 aromatic rings. The van der Waals surface area contributed by atoms with Crippen LogP contribution in [-0.4, -0.2) is 18.5 Å². The van der Waals surface area contributed by atoms with Gasteiger partial charge in [0.05, 0.1) is 0 Å². The highest BCUT2D eigenvalue weighted by Gasteiger charge is 2.08. The maximum atomic E-state index is 5.40. The van der Waals surface area contributed by atoms with E-state index in [0.717, 1.165) is 0 Å². The average Bonchev–Trinajstić information content (AvgIpc) is 1.89. The number of nitrogens with two attached hydrogens (primary N) is 1. The highest BCUT2D eigenvalue weighted by atomic mass is 15.1. The Morgan fingerprint density at radius 1 is 1.27 bits per heavy atom. The molecule has 0 radical (unpaired) electrons. The number of hydrogen-bond donors (Lipinski definition) is 2. The highest BCUT2D eigenvalue weighted by Crippen LogP contribution is 1.96. The Hall–Kier alpha value is -0.730. The lowest BCUT2D eigenvalue weighted by Gasteiger charge is -2.20. The third-order valence-electron chi connectivity index (χ3n) is 0.744. The van der Waals surface area contributed by atoms with Gasteiger partial charge < -0.3 is 11.1 Å². The monoisotopic (exact) mass is 159 g/mol. The van der Waals surface area contributed by atoms with E-state index in [4.69, 9.17) is 5.73 Å². The van der Waals surface area contributed by atoms with Crippen LogP contribution < -0.4 is 11.1 Å². The minimum Gasteiger partial charge on any atom is -0.370 e. The normalized spacial score (nSPS) is 11.6. The third kappa shape index (κ3) is 12.5. The number of nitrogens with one attached hydrogen (secondary N) is 1. The van der Waals surface area contributed by atoms with E-state index < -0.39 is 0 Å². The van der Waals surface area contributed by atoms with E-state index in [-0.39, 0.29) is 5.54 Å². The summed E-state index contributed by atoms with van der Waals surface area (Å²) in [5, 5.41) is 3.00. The molecule has 0 aliphatic heterocycles. The second-order valence-electron chi connectivity index (χ2n) is 2.98. The van der Waals surface area contributed by atoms with E-state index in [1.807, 2.05) is 34.6 Å². The Bertz CT molecular complexity index is 111. The maximum Gasteiger partial charge on any atom is 0.188 e. The molecule has 0 aliphatic rings. The summed E-state index contributed by atoms with van der Waals surface area (Å²) >= 11 is 0. The lowest BCUT2D eigenvalue weighted by Crippen LogP contribution is -2.44. The third-order valence-corrected chi connectivity index (χ3v) is 0.744. The zero-order chi connectivity index (χ0) is 9.49. The molecule has 0 aromatic heterocycles. The number of rotatable bonds is 0. The largest absolute Gasteiger partial charge is 0.370 e. The predicted octanol–water partition coefficient (Wildman–Crippen LogP) is 1.35. The van der Waals surface area contributed by atoms with E-state index in [0.29, 0.717) is 5.96 Å². The number of nitrogens with zero attached hydrogens (tertiary/aromatic N) is 1. The van der Waals surface area contributed by atoms with Gasteiger partial charge >= 0.3 is 0 Å². The number of aliphatic imine (C=N–C) groups is 1. The SMILES string of the molecule is CC.CN=C(N)NC(C)(C)C. The molecule has 0 atom stereocenters. The van der Waals surface area contributed by atoms with Gasteiger partial charge in [0.15, 0.2) is 5.96 Å². The molecule has 3 nitrogen and oxygen atoms in total. The van der Waals surface area contributed by atoms with Crippen molar-refractivity contribution in [1.82, 2.24) is 5.32 Å². The summed E-state index contributed by atoms with van der Waals surface area (Å²) < 4.78 is 0. The van der Waals surface area contributed by atoms with Crippen molar-refractivity contribution in [2.24, 2.45) is 10.7 Å². The summed E-state index contributed by atoms with van der Waals surface area (Å²) in [6.07, 6.45) is 0. The Morgan fingerprint density at radius 2 is 1.64 bits per heavy atom. The number of hydrogen-bond acceptors (Lipinski definition) is 1. The molecule has 68 valence electrons. The summed E-state index contributed by atoms with van der Waals surface area (Å²) in [7, 11) is 1.66. The van der Waals surface area contributed by atoms with Crippen LogP contribution in [0.2, 0.25) is 0 Å². The average molecular weight is 159 g/mol. The summed E-state index contributed by atoms with van der Waals surface area (Å²) in [5.74, 6) is 0.488. The van der Waals surface area contributed by atoms with Crippen LogP contribution in [-0.2, 0) is 0 Å². The van der Waals surface area contributed by atoms with Crippen molar-refractivity contribution in [2.75, 3.05) is 7.05 Å². The lowest BCUT2D eigenvalue weighted by molar-refractivity contribution is 0.509. The van der Waals surface area contributed by atoms with Gasteiger partial charge in [-0.25, -0.2) is 0 Å². The molecule has 0 saturated heterocycles. The van der Waals surface area contributed by atoms with Crippen molar-refractivity contribution >= 4 is 5.96 Å².